The summed E-state index contributed by atoms with van der Waals surface area (Å²) in [6.45, 7) is 0.418. The number of urea groups is 1. The second-order valence-electron chi connectivity index (χ2n) is 5.57. The van der Waals surface area contributed by atoms with E-state index < -0.39 is 11.0 Å². The number of amides is 2. The van der Waals surface area contributed by atoms with E-state index in [-0.39, 0.29) is 5.69 Å². The van der Waals surface area contributed by atoms with Crippen molar-refractivity contribution in [1.29, 1.82) is 0 Å². The number of carbonyl (C=O) groups excluding carboxylic acids is 1. The van der Waals surface area contributed by atoms with Gasteiger partial charge in [-0.1, -0.05) is 24.3 Å². The lowest BCUT2D eigenvalue weighted by atomic mass is 10.2. The van der Waals surface area contributed by atoms with E-state index in [4.69, 9.17) is 0 Å². The van der Waals surface area contributed by atoms with Crippen molar-refractivity contribution in [3.63, 3.8) is 0 Å². The van der Waals surface area contributed by atoms with Gasteiger partial charge < -0.3 is 10.6 Å². The monoisotopic (exact) mass is 351 g/mol. The standard InChI is InChI=1S/C18H17N5O3/c24-18(21-15-5-4-8-17(11-15)23(25)26)19-10-9-14-12-20-22(13-14)16-6-2-1-3-7-16/h1-8,11-13H,9-10H2,(H2,19,21,24). The predicted octanol–water partition coefficient (Wildman–Crippen LogP) is 3.14. The molecule has 0 bridgehead atoms. The quantitative estimate of drug-likeness (QED) is 0.526. The number of para-hydroxylation sites is 1. The molecule has 0 atom stereocenters. The van der Waals surface area contributed by atoms with Gasteiger partial charge in [-0.05, 0) is 30.2 Å². The molecule has 0 aliphatic rings. The highest BCUT2D eigenvalue weighted by Gasteiger charge is 2.08. The van der Waals surface area contributed by atoms with Gasteiger partial charge in [0.1, 0.15) is 0 Å². The Morgan fingerprint density at radius 1 is 1.15 bits per heavy atom. The summed E-state index contributed by atoms with van der Waals surface area (Å²) in [5.74, 6) is 0. The Hall–Kier alpha value is -3.68. The molecule has 3 aromatic rings. The van der Waals surface area contributed by atoms with Crippen LogP contribution < -0.4 is 10.6 Å². The molecule has 8 nitrogen and oxygen atoms in total. The van der Waals surface area contributed by atoms with Crippen LogP contribution in [0.2, 0.25) is 0 Å². The Labute approximate surface area is 149 Å². The van der Waals surface area contributed by atoms with Gasteiger partial charge in [0.25, 0.3) is 5.69 Å². The molecule has 0 aliphatic carbocycles. The number of non-ortho nitro benzene ring substituents is 1. The molecular formula is C18H17N5O3. The lowest BCUT2D eigenvalue weighted by Gasteiger charge is -2.07. The molecule has 2 N–H and O–H groups in total. The summed E-state index contributed by atoms with van der Waals surface area (Å²) in [5, 5.41) is 20.3. The predicted molar refractivity (Wildman–Crippen MR) is 97.4 cm³/mol. The summed E-state index contributed by atoms with van der Waals surface area (Å²) < 4.78 is 1.78. The van der Waals surface area contributed by atoms with E-state index in [0.717, 1.165) is 11.3 Å². The minimum absolute atomic E-state index is 0.0730. The molecule has 0 unspecified atom stereocenters. The van der Waals surface area contributed by atoms with Crippen LogP contribution in [0.25, 0.3) is 5.69 Å². The van der Waals surface area contributed by atoms with Gasteiger partial charge in [0.15, 0.2) is 0 Å². The molecule has 2 aromatic carbocycles. The molecule has 1 heterocycles. The van der Waals surface area contributed by atoms with E-state index in [1.165, 1.54) is 18.2 Å². The minimum Gasteiger partial charge on any atom is -0.338 e. The molecule has 26 heavy (non-hydrogen) atoms. The second-order valence-corrected chi connectivity index (χ2v) is 5.57. The number of aromatic nitrogens is 2. The summed E-state index contributed by atoms with van der Waals surface area (Å²) in [6, 6.07) is 15.1. The van der Waals surface area contributed by atoms with E-state index in [1.807, 2.05) is 36.5 Å². The molecule has 1 aromatic heterocycles. The van der Waals surface area contributed by atoms with Crippen LogP contribution >= 0.6 is 0 Å². The summed E-state index contributed by atoms with van der Waals surface area (Å²) in [7, 11) is 0. The Bertz CT molecular complexity index is 908. The largest absolute Gasteiger partial charge is 0.338 e. The zero-order valence-corrected chi connectivity index (χ0v) is 13.8. The van der Waals surface area contributed by atoms with Gasteiger partial charge in [-0.15, -0.1) is 0 Å². The van der Waals surface area contributed by atoms with Crippen molar-refractivity contribution in [3.05, 3.63) is 82.7 Å². The minimum atomic E-state index is -0.506. The van der Waals surface area contributed by atoms with Crippen molar-refractivity contribution in [2.45, 2.75) is 6.42 Å². The van der Waals surface area contributed by atoms with Crippen molar-refractivity contribution in [2.75, 3.05) is 11.9 Å². The fourth-order valence-corrected chi connectivity index (χ4v) is 2.40. The van der Waals surface area contributed by atoms with Crippen molar-refractivity contribution >= 4 is 17.4 Å². The molecular weight excluding hydrogens is 334 g/mol. The molecule has 8 heteroatoms. The second kappa shape index (κ2) is 7.93. The molecule has 0 radical (unpaired) electrons. The van der Waals surface area contributed by atoms with Crippen LogP contribution in [0.4, 0.5) is 16.2 Å². The zero-order chi connectivity index (χ0) is 18.4. The number of rotatable bonds is 6. The highest BCUT2D eigenvalue weighted by molar-refractivity contribution is 5.89. The van der Waals surface area contributed by atoms with Crippen molar-refractivity contribution < 1.29 is 9.72 Å². The number of carbonyl (C=O) groups is 1. The number of hydrogen-bond acceptors (Lipinski definition) is 4. The van der Waals surface area contributed by atoms with Gasteiger partial charge in [0, 0.05) is 30.6 Å². The average Bonchev–Trinajstić information content (AvgIpc) is 3.11. The third kappa shape index (κ3) is 4.44. The molecule has 2 amide bonds. The SMILES string of the molecule is O=C(NCCc1cnn(-c2ccccc2)c1)Nc1cccc([N+](=O)[O-])c1. The summed E-state index contributed by atoms with van der Waals surface area (Å²) >= 11 is 0. The van der Waals surface area contributed by atoms with Crippen LogP contribution in [0.5, 0.6) is 0 Å². The number of benzene rings is 2. The van der Waals surface area contributed by atoms with Gasteiger partial charge in [-0.3, -0.25) is 10.1 Å². The maximum absolute atomic E-state index is 11.9. The maximum atomic E-state index is 11.9. The van der Waals surface area contributed by atoms with E-state index >= 15 is 0 Å². The first-order valence-corrected chi connectivity index (χ1v) is 8.00. The Balaban J connectivity index is 1.49. The Morgan fingerprint density at radius 3 is 2.73 bits per heavy atom. The third-order valence-corrected chi connectivity index (χ3v) is 3.67. The molecule has 132 valence electrons. The first-order valence-electron chi connectivity index (χ1n) is 8.00. The smallest absolute Gasteiger partial charge is 0.319 e. The highest BCUT2D eigenvalue weighted by atomic mass is 16.6. The number of nitrogens with zero attached hydrogens (tertiary/aromatic N) is 3. The number of hydrogen-bond donors (Lipinski definition) is 2. The number of anilines is 1. The summed E-state index contributed by atoms with van der Waals surface area (Å²) in [6.07, 6.45) is 4.29. The Morgan fingerprint density at radius 2 is 1.96 bits per heavy atom. The van der Waals surface area contributed by atoms with Crippen molar-refractivity contribution in [3.8, 4) is 5.69 Å². The van der Waals surface area contributed by atoms with Gasteiger partial charge in [-0.2, -0.15) is 5.10 Å². The van der Waals surface area contributed by atoms with Crippen molar-refractivity contribution in [2.24, 2.45) is 0 Å². The van der Waals surface area contributed by atoms with Crippen LogP contribution in [0.3, 0.4) is 0 Å². The topological polar surface area (TPSA) is 102 Å². The fraction of sp³-hybridized carbons (Fsp3) is 0.111. The zero-order valence-electron chi connectivity index (χ0n) is 13.8. The van der Waals surface area contributed by atoms with E-state index in [9.17, 15) is 14.9 Å². The first kappa shape index (κ1) is 17.2. The molecule has 0 saturated carbocycles. The van der Waals surface area contributed by atoms with E-state index in [1.54, 1.807) is 16.9 Å². The number of nitro groups is 1. The van der Waals surface area contributed by atoms with Gasteiger partial charge >= 0.3 is 6.03 Å². The fourth-order valence-electron chi connectivity index (χ4n) is 2.40. The third-order valence-electron chi connectivity index (χ3n) is 3.67. The van der Waals surface area contributed by atoms with Crippen molar-refractivity contribution in [1.82, 2.24) is 15.1 Å². The lowest BCUT2D eigenvalue weighted by molar-refractivity contribution is -0.384. The molecule has 0 spiro atoms. The molecule has 0 aliphatic heterocycles. The number of nitrogens with one attached hydrogen (secondary N) is 2. The lowest BCUT2D eigenvalue weighted by Crippen LogP contribution is -2.30. The normalized spacial score (nSPS) is 10.3. The maximum Gasteiger partial charge on any atom is 0.319 e. The highest BCUT2D eigenvalue weighted by Crippen LogP contribution is 2.16. The molecule has 0 fully saturated rings. The van der Waals surface area contributed by atoms with Crippen LogP contribution in [0.15, 0.2) is 67.0 Å². The average molecular weight is 351 g/mol. The van der Waals surface area contributed by atoms with Gasteiger partial charge in [-0.25, -0.2) is 9.48 Å². The van der Waals surface area contributed by atoms with Crippen LogP contribution in [0.1, 0.15) is 5.56 Å². The Kier molecular flexibility index (Phi) is 5.23. The number of nitro benzene ring substituents is 1. The van der Waals surface area contributed by atoms with Gasteiger partial charge in [0.2, 0.25) is 0 Å². The first-order chi connectivity index (χ1) is 12.6. The molecule has 0 saturated heterocycles. The van der Waals surface area contributed by atoms with Gasteiger partial charge in [0.05, 0.1) is 16.8 Å². The summed E-state index contributed by atoms with van der Waals surface area (Å²) in [5.41, 5.74) is 2.25. The van der Waals surface area contributed by atoms with Crippen LogP contribution in [0, 0.1) is 10.1 Å². The molecule has 3 rings (SSSR count). The van der Waals surface area contributed by atoms with E-state index in [2.05, 4.69) is 15.7 Å². The van der Waals surface area contributed by atoms with Crippen LogP contribution in [-0.2, 0) is 6.42 Å². The van der Waals surface area contributed by atoms with E-state index in [0.29, 0.717) is 18.7 Å². The van der Waals surface area contributed by atoms with Crippen LogP contribution in [-0.4, -0.2) is 27.3 Å². The summed E-state index contributed by atoms with van der Waals surface area (Å²) in [4.78, 5) is 22.1.